The summed E-state index contributed by atoms with van der Waals surface area (Å²) in [5, 5.41) is 16.0. The second-order valence-corrected chi connectivity index (χ2v) is 4.44. The molecule has 0 spiro atoms. The summed E-state index contributed by atoms with van der Waals surface area (Å²) < 4.78 is 0. The zero-order chi connectivity index (χ0) is 9.10. The van der Waals surface area contributed by atoms with Gasteiger partial charge in [0.25, 0.3) is 0 Å². The number of aliphatic hydroxyl groups excluding tert-OH is 1. The van der Waals surface area contributed by atoms with Crippen LogP contribution in [0.2, 0.25) is 0 Å². The number of hydrogen-bond acceptors (Lipinski definition) is 3. The lowest BCUT2D eigenvalue weighted by Gasteiger charge is -2.34. The molecule has 3 heteroatoms. The Kier molecular flexibility index (Phi) is 3.19. The summed E-state index contributed by atoms with van der Waals surface area (Å²) in [4.78, 5) is 0. The molecule has 1 aliphatic carbocycles. The van der Waals surface area contributed by atoms with Gasteiger partial charge in [-0.2, -0.15) is 0 Å². The van der Waals surface area contributed by atoms with Crippen molar-refractivity contribution in [3.8, 4) is 0 Å². The zero-order valence-corrected chi connectivity index (χ0v) is 8.13. The van der Waals surface area contributed by atoms with Crippen molar-refractivity contribution in [2.75, 3.05) is 19.6 Å². The molecular weight excluding hydrogens is 164 g/mol. The third kappa shape index (κ3) is 2.66. The zero-order valence-electron chi connectivity index (χ0n) is 8.13. The quantitative estimate of drug-likeness (QED) is 0.583. The Morgan fingerprint density at radius 3 is 2.85 bits per heavy atom. The van der Waals surface area contributed by atoms with Crippen LogP contribution in [-0.4, -0.2) is 36.9 Å². The van der Waals surface area contributed by atoms with Crippen LogP contribution >= 0.6 is 0 Å². The molecule has 3 N–H and O–H groups in total. The van der Waals surface area contributed by atoms with E-state index in [9.17, 15) is 0 Å². The molecule has 1 aliphatic heterocycles. The number of hydrogen-bond donors (Lipinski definition) is 3. The van der Waals surface area contributed by atoms with Gasteiger partial charge in [0.05, 0.1) is 6.10 Å². The van der Waals surface area contributed by atoms with Crippen LogP contribution in [0.3, 0.4) is 0 Å². The van der Waals surface area contributed by atoms with Gasteiger partial charge in [-0.15, -0.1) is 0 Å². The van der Waals surface area contributed by atoms with E-state index >= 15 is 0 Å². The fraction of sp³-hybridized carbons (Fsp3) is 1.00. The molecule has 1 saturated heterocycles. The molecule has 2 aliphatic rings. The first-order chi connectivity index (χ1) is 6.34. The summed E-state index contributed by atoms with van der Waals surface area (Å²) in [6, 6.07) is 0.594. The molecule has 1 heterocycles. The van der Waals surface area contributed by atoms with Gasteiger partial charge in [0.15, 0.2) is 0 Å². The lowest BCUT2D eigenvalue weighted by atomic mass is 9.88. The van der Waals surface area contributed by atoms with Crippen molar-refractivity contribution >= 4 is 0 Å². The maximum atomic E-state index is 9.10. The molecule has 1 unspecified atom stereocenters. The van der Waals surface area contributed by atoms with Crippen LogP contribution in [0.25, 0.3) is 0 Å². The molecule has 0 bridgehead atoms. The van der Waals surface area contributed by atoms with Crippen LogP contribution in [-0.2, 0) is 0 Å². The Bertz CT molecular complexity index is 151. The summed E-state index contributed by atoms with van der Waals surface area (Å²) in [7, 11) is 0. The Morgan fingerprint density at radius 2 is 2.23 bits per heavy atom. The minimum Gasteiger partial charge on any atom is -0.393 e. The molecule has 1 atom stereocenters. The molecule has 0 aromatic heterocycles. The molecule has 0 aromatic rings. The molecule has 1 saturated carbocycles. The van der Waals surface area contributed by atoms with Crippen molar-refractivity contribution in [1.29, 1.82) is 0 Å². The maximum Gasteiger partial charge on any atom is 0.0570 e. The van der Waals surface area contributed by atoms with Gasteiger partial charge in [0.2, 0.25) is 0 Å². The minimum atomic E-state index is -0.0259. The van der Waals surface area contributed by atoms with Gasteiger partial charge >= 0.3 is 0 Å². The molecule has 76 valence electrons. The van der Waals surface area contributed by atoms with Crippen LogP contribution in [0.4, 0.5) is 0 Å². The van der Waals surface area contributed by atoms with Crippen LogP contribution in [0, 0.1) is 5.92 Å². The van der Waals surface area contributed by atoms with Crippen LogP contribution < -0.4 is 10.6 Å². The molecule has 0 amide bonds. The highest BCUT2D eigenvalue weighted by Gasteiger charge is 2.27. The third-order valence-corrected chi connectivity index (χ3v) is 3.21. The van der Waals surface area contributed by atoms with Crippen molar-refractivity contribution in [3.63, 3.8) is 0 Å². The first kappa shape index (κ1) is 9.44. The predicted octanol–water partition coefficient (Wildman–Crippen LogP) is 0.0989. The number of aliphatic hydroxyl groups is 1. The normalized spacial score (nSPS) is 39.9. The van der Waals surface area contributed by atoms with Gasteiger partial charge in [-0.1, -0.05) is 0 Å². The molecule has 13 heavy (non-hydrogen) atoms. The van der Waals surface area contributed by atoms with E-state index in [1.165, 1.54) is 25.9 Å². The van der Waals surface area contributed by atoms with E-state index in [0.29, 0.717) is 6.04 Å². The summed E-state index contributed by atoms with van der Waals surface area (Å²) in [6.07, 6.45) is 4.57. The van der Waals surface area contributed by atoms with E-state index in [1.807, 2.05) is 0 Å². The topological polar surface area (TPSA) is 44.3 Å². The van der Waals surface area contributed by atoms with Crippen molar-refractivity contribution in [2.24, 2.45) is 5.92 Å². The fourth-order valence-electron chi connectivity index (χ4n) is 2.19. The first-order valence-electron chi connectivity index (χ1n) is 5.47. The van der Waals surface area contributed by atoms with Crippen LogP contribution in [0.5, 0.6) is 0 Å². The van der Waals surface area contributed by atoms with Gasteiger partial charge in [0.1, 0.15) is 0 Å². The van der Waals surface area contributed by atoms with Crippen molar-refractivity contribution in [2.45, 2.75) is 37.8 Å². The second-order valence-electron chi connectivity index (χ2n) is 4.44. The smallest absolute Gasteiger partial charge is 0.0570 e. The number of nitrogens with one attached hydrogen (secondary N) is 2. The van der Waals surface area contributed by atoms with E-state index < -0.39 is 0 Å². The Morgan fingerprint density at radius 1 is 1.38 bits per heavy atom. The Balaban J connectivity index is 1.56. The van der Waals surface area contributed by atoms with E-state index in [-0.39, 0.29) is 6.10 Å². The summed E-state index contributed by atoms with van der Waals surface area (Å²) in [5.41, 5.74) is 0. The highest BCUT2D eigenvalue weighted by molar-refractivity contribution is 4.85. The van der Waals surface area contributed by atoms with Crippen LogP contribution in [0.1, 0.15) is 25.7 Å². The molecule has 0 aromatic carbocycles. The molecular formula is C10H20N2O. The Hall–Kier alpha value is -0.120. The van der Waals surface area contributed by atoms with E-state index in [1.54, 1.807) is 0 Å². The van der Waals surface area contributed by atoms with E-state index in [0.717, 1.165) is 25.3 Å². The lowest BCUT2D eigenvalue weighted by molar-refractivity contribution is 0.0604. The van der Waals surface area contributed by atoms with Crippen molar-refractivity contribution in [1.82, 2.24) is 10.6 Å². The maximum absolute atomic E-state index is 9.10. The number of piperidine rings is 1. The highest BCUT2D eigenvalue weighted by Crippen LogP contribution is 2.20. The monoisotopic (exact) mass is 184 g/mol. The van der Waals surface area contributed by atoms with Crippen LogP contribution in [0.15, 0.2) is 0 Å². The highest BCUT2D eigenvalue weighted by atomic mass is 16.3. The summed E-state index contributed by atoms with van der Waals surface area (Å²) in [5.74, 6) is 0.812. The van der Waals surface area contributed by atoms with Crippen molar-refractivity contribution in [3.05, 3.63) is 0 Å². The predicted molar refractivity (Wildman–Crippen MR) is 52.6 cm³/mol. The van der Waals surface area contributed by atoms with Gasteiger partial charge in [-0.3, -0.25) is 0 Å². The first-order valence-corrected chi connectivity index (χ1v) is 5.47. The second kappa shape index (κ2) is 4.40. The van der Waals surface area contributed by atoms with Gasteiger partial charge < -0.3 is 15.7 Å². The van der Waals surface area contributed by atoms with Gasteiger partial charge in [0, 0.05) is 6.04 Å². The van der Waals surface area contributed by atoms with Gasteiger partial charge in [-0.25, -0.2) is 0 Å². The molecule has 2 rings (SSSR count). The fourth-order valence-corrected chi connectivity index (χ4v) is 2.19. The molecule has 0 radical (unpaired) electrons. The average Bonchev–Trinajstić information content (AvgIpc) is 2.12. The summed E-state index contributed by atoms with van der Waals surface area (Å²) in [6.45, 7) is 3.49. The lowest BCUT2D eigenvalue weighted by Crippen LogP contribution is -2.47. The summed E-state index contributed by atoms with van der Waals surface area (Å²) >= 11 is 0. The molecule has 2 fully saturated rings. The van der Waals surface area contributed by atoms with Gasteiger partial charge in [-0.05, 0) is 51.2 Å². The largest absolute Gasteiger partial charge is 0.393 e. The standard InChI is InChI=1S/C10H20N2O/c13-10-4-9(5-10)12-7-8-2-1-3-11-6-8/h8-13H,1-7H2. The SMILES string of the molecule is OC1CC(NCC2CCCNC2)C1. The minimum absolute atomic E-state index is 0.0259. The number of rotatable bonds is 3. The molecule has 3 nitrogen and oxygen atoms in total. The average molecular weight is 184 g/mol. The Labute approximate surface area is 79.9 Å². The van der Waals surface area contributed by atoms with E-state index in [2.05, 4.69) is 10.6 Å². The van der Waals surface area contributed by atoms with E-state index in [4.69, 9.17) is 5.11 Å². The third-order valence-electron chi connectivity index (χ3n) is 3.21. The van der Waals surface area contributed by atoms with Crippen molar-refractivity contribution < 1.29 is 5.11 Å².